The van der Waals surface area contributed by atoms with Crippen molar-refractivity contribution in [1.82, 2.24) is 4.31 Å². The zero-order valence-corrected chi connectivity index (χ0v) is 17.0. The third-order valence-corrected chi connectivity index (χ3v) is 6.76. The van der Waals surface area contributed by atoms with Crippen molar-refractivity contribution >= 4 is 22.0 Å². The second-order valence-electron chi connectivity index (χ2n) is 7.42. The second-order valence-corrected chi connectivity index (χ2v) is 8.90. The number of nitrogens with zero attached hydrogens (tertiary/aromatic N) is 1. The third-order valence-electron chi connectivity index (χ3n) is 5.25. The average molecular weight is 458 g/mol. The molecular weight excluding hydrogens is 439 g/mol. The van der Waals surface area contributed by atoms with Crippen LogP contribution in [0.25, 0.3) is 22.1 Å². The van der Waals surface area contributed by atoms with Crippen LogP contribution in [0.15, 0.2) is 51.8 Å². The van der Waals surface area contributed by atoms with Crippen molar-refractivity contribution in [2.24, 2.45) is 5.73 Å². The Hall–Kier alpha value is -2.30. The van der Waals surface area contributed by atoms with Crippen LogP contribution >= 0.6 is 0 Å². The zero-order chi connectivity index (χ0) is 22.4. The number of rotatable bonds is 4. The summed E-state index contributed by atoms with van der Waals surface area (Å²) in [5.74, 6) is -2.49. The number of hydrogen-bond acceptors (Lipinski definition) is 3. The van der Waals surface area contributed by atoms with Gasteiger partial charge < -0.3 is 10.2 Å². The molecule has 1 aliphatic rings. The van der Waals surface area contributed by atoms with Gasteiger partial charge >= 0.3 is 6.18 Å². The molecule has 0 aliphatic carbocycles. The molecule has 2 N–H and O–H groups in total. The molecule has 0 bridgehead atoms. The summed E-state index contributed by atoms with van der Waals surface area (Å²) in [5.41, 5.74) is 5.14. The van der Waals surface area contributed by atoms with Crippen LogP contribution in [0.1, 0.15) is 24.2 Å². The van der Waals surface area contributed by atoms with Crippen LogP contribution in [0.4, 0.5) is 22.0 Å². The molecule has 31 heavy (non-hydrogen) atoms. The normalized spacial score (nSPS) is 18.4. The van der Waals surface area contributed by atoms with E-state index >= 15 is 0 Å². The van der Waals surface area contributed by atoms with Crippen molar-refractivity contribution in [3.05, 3.63) is 53.8 Å². The summed E-state index contributed by atoms with van der Waals surface area (Å²) >= 11 is 0. The molecule has 10 heteroatoms. The Labute approximate surface area is 177 Å². The predicted molar refractivity (Wildman–Crippen MR) is 107 cm³/mol. The Kier molecular flexibility index (Phi) is 5.65. The van der Waals surface area contributed by atoms with Crippen molar-refractivity contribution < 1.29 is 30.6 Å². The summed E-state index contributed by atoms with van der Waals surface area (Å²) in [6.07, 6.45) is -5.32. The van der Waals surface area contributed by atoms with E-state index in [0.717, 1.165) is 6.07 Å². The van der Waals surface area contributed by atoms with Crippen molar-refractivity contribution in [3.63, 3.8) is 0 Å². The maximum atomic E-state index is 13.6. The minimum Gasteiger partial charge on any atom is -0.459 e. The number of hydrogen-bond donors (Lipinski definition) is 1. The molecule has 0 radical (unpaired) electrons. The summed E-state index contributed by atoms with van der Waals surface area (Å²) in [4.78, 5) is 0.403. The summed E-state index contributed by atoms with van der Waals surface area (Å²) in [6.45, 7) is -0.00185. The number of fused-ring (bicyclic) bond motifs is 1. The van der Waals surface area contributed by atoms with E-state index in [-0.39, 0.29) is 49.2 Å². The van der Waals surface area contributed by atoms with Crippen LogP contribution in [-0.4, -0.2) is 27.5 Å². The minimum absolute atomic E-state index is 0.0109. The molecule has 2 aromatic carbocycles. The molecular formula is C21H19F5N2O2S. The van der Waals surface area contributed by atoms with Crippen molar-refractivity contribution in [3.8, 4) is 11.1 Å². The fraction of sp³-hybridized carbons (Fsp3) is 0.333. The molecule has 2 heterocycles. The van der Waals surface area contributed by atoms with Gasteiger partial charge in [0, 0.05) is 31.3 Å². The average Bonchev–Trinajstić information content (AvgIpc) is 3.15. The highest BCUT2D eigenvalue weighted by Gasteiger charge is 2.36. The van der Waals surface area contributed by atoms with Crippen molar-refractivity contribution in [2.45, 2.75) is 36.4 Å². The molecule has 166 valence electrons. The molecule has 0 spiro atoms. The Bertz CT molecular complexity index is 1120. The summed E-state index contributed by atoms with van der Waals surface area (Å²) < 4.78 is 86.7. The molecule has 1 aliphatic heterocycles. The fourth-order valence-corrected chi connectivity index (χ4v) is 4.76. The van der Waals surface area contributed by atoms with Gasteiger partial charge in [0.2, 0.25) is 0 Å². The maximum Gasteiger partial charge on any atom is 0.420 e. The van der Waals surface area contributed by atoms with E-state index < -0.39 is 28.6 Å². The number of alkyl halides is 5. The lowest BCUT2D eigenvalue weighted by molar-refractivity contribution is -0.136. The Morgan fingerprint density at radius 2 is 1.68 bits per heavy atom. The van der Waals surface area contributed by atoms with Gasteiger partial charge in [0.05, 0.1) is 17.0 Å². The van der Waals surface area contributed by atoms with Gasteiger partial charge in [-0.15, -0.1) is 0 Å². The Morgan fingerprint density at radius 1 is 1.03 bits per heavy atom. The lowest BCUT2D eigenvalue weighted by Crippen LogP contribution is -2.40. The highest BCUT2D eigenvalue weighted by atomic mass is 32.2. The van der Waals surface area contributed by atoms with Crippen LogP contribution in [0.5, 0.6) is 0 Å². The van der Waals surface area contributed by atoms with Crippen molar-refractivity contribution in [1.29, 1.82) is 0 Å². The highest BCUT2D eigenvalue weighted by Crippen LogP contribution is 2.39. The molecule has 1 fully saturated rings. The SMILES string of the molecule is NCc1cc2cc(-c3ccc(S(=O)N4CCC(F)(F)CC4)cc3)cc(C(F)(F)F)c2o1. The zero-order valence-electron chi connectivity index (χ0n) is 16.2. The van der Waals surface area contributed by atoms with E-state index in [9.17, 15) is 26.2 Å². The van der Waals surface area contributed by atoms with Gasteiger partial charge in [-0.1, -0.05) is 12.1 Å². The lowest BCUT2D eigenvalue weighted by Gasteiger charge is -2.30. The fourth-order valence-electron chi connectivity index (χ4n) is 3.58. The largest absolute Gasteiger partial charge is 0.459 e. The summed E-state index contributed by atoms with van der Waals surface area (Å²) in [7, 11) is -1.62. The Morgan fingerprint density at radius 3 is 2.26 bits per heavy atom. The third kappa shape index (κ3) is 4.51. The van der Waals surface area contributed by atoms with Gasteiger partial charge in [-0.25, -0.2) is 17.3 Å². The van der Waals surface area contributed by atoms with E-state index in [1.165, 1.54) is 22.5 Å². The van der Waals surface area contributed by atoms with Gasteiger partial charge in [-0.2, -0.15) is 13.2 Å². The second kappa shape index (κ2) is 7.99. The molecule has 3 aromatic rings. The number of benzene rings is 2. The molecule has 0 amide bonds. The van der Waals surface area contributed by atoms with Gasteiger partial charge in [-0.05, 0) is 41.5 Å². The van der Waals surface area contributed by atoms with Crippen LogP contribution in [-0.2, 0) is 23.7 Å². The van der Waals surface area contributed by atoms with E-state index in [1.54, 1.807) is 18.2 Å². The predicted octanol–water partition coefficient (Wildman–Crippen LogP) is 5.33. The van der Waals surface area contributed by atoms with Crippen LogP contribution in [0.3, 0.4) is 0 Å². The summed E-state index contributed by atoms with van der Waals surface area (Å²) in [6, 6.07) is 10.3. The number of furan rings is 1. The topological polar surface area (TPSA) is 59.5 Å². The molecule has 1 saturated heterocycles. The van der Waals surface area contributed by atoms with E-state index in [2.05, 4.69) is 0 Å². The molecule has 0 saturated carbocycles. The summed E-state index contributed by atoms with van der Waals surface area (Å²) in [5, 5.41) is 0.284. The monoisotopic (exact) mass is 458 g/mol. The first-order valence-corrected chi connectivity index (χ1v) is 10.7. The van der Waals surface area contributed by atoms with E-state index in [4.69, 9.17) is 10.2 Å². The minimum atomic E-state index is -4.62. The van der Waals surface area contributed by atoms with Gasteiger partial charge in [-0.3, -0.25) is 0 Å². The van der Waals surface area contributed by atoms with Crippen LogP contribution < -0.4 is 5.73 Å². The van der Waals surface area contributed by atoms with E-state index in [1.807, 2.05) is 0 Å². The standard InChI is InChI=1S/C21H19F5N2O2S/c22-20(23)5-7-28(8-6-20)31(29)17-3-1-13(2-4-17)14-9-15-10-16(12-27)30-19(15)18(11-14)21(24,25)26/h1-4,9-11H,5-8,12,27H2. The van der Waals surface area contributed by atoms with Gasteiger partial charge in [0.1, 0.15) is 22.3 Å². The van der Waals surface area contributed by atoms with Gasteiger partial charge in [0.15, 0.2) is 0 Å². The van der Waals surface area contributed by atoms with E-state index in [0.29, 0.717) is 16.0 Å². The molecule has 4 nitrogen and oxygen atoms in total. The maximum absolute atomic E-state index is 13.6. The van der Waals surface area contributed by atoms with Crippen LogP contribution in [0, 0.1) is 0 Å². The first-order chi connectivity index (χ1) is 14.6. The first kappa shape index (κ1) is 21.9. The molecule has 1 unspecified atom stereocenters. The molecule has 1 atom stereocenters. The Balaban J connectivity index is 1.64. The first-order valence-electron chi connectivity index (χ1n) is 9.56. The highest BCUT2D eigenvalue weighted by molar-refractivity contribution is 7.82. The van der Waals surface area contributed by atoms with Crippen molar-refractivity contribution in [2.75, 3.05) is 13.1 Å². The number of piperidine rings is 1. The van der Waals surface area contributed by atoms with Crippen LogP contribution in [0.2, 0.25) is 0 Å². The molecule has 4 rings (SSSR count). The smallest absolute Gasteiger partial charge is 0.420 e. The number of nitrogens with two attached hydrogens (primary N) is 1. The molecule has 1 aromatic heterocycles. The lowest BCUT2D eigenvalue weighted by atomic mass is 10.0. The quantitative estimate of drug-likeness (QED) is 0.538. The van der Waals surface area contributed by atoms with Gasteiger partial charge in [0.25, 0.3) is 5.92 Å². The number of halogens is 5.